The third kappa shape index (κ3) is 3.07. The van der Waals surface area contributed by atoms with Crippen molar-refractivity contribution in [2.45, 2.75) is 45.7 Å². The number of likely N-dealkylation sites (N-methyl/N-ethyl adjacent to an activating group) is 1. The maximum atomic E-state index is 5.57. The van der Waals surface area contributed by atoms with E-state index in [1.165, 1.54) is 5.56 Å². The number of hydrogen-bond donors (Lipinski definition) is 1. The molecule has 0 radical (unpaired) electrons. The molecule has 0 aliphatic rings. The average Bonchev–Trinajstić information content (AvgIpc) is 3.04. The van der Waals surface area contributed by atoms with Crippen molar-refractivity contribution in [2.75, 3.05) is 7.05 Å². The van der Waals surface area contributed by atoms with E-state index in [-0.39, 0.29) is 6.04 Å². The van der Waals surface area contributed by atoms with Crippen LogP contribution >= 0.6 is 0 Å². The van der Waals surface area contributed by atoms with E-state index in [0.717, 1.165) is 24.3 Å². The predicted octanol–water partition coefficient (Wildman–Crippen LogP) is 3.26. The van der Waals surface area contributed by atoms with Crippen LogP contribution in [0.1, 0.15) is 49.4 Å². The van der Waals surface area contributed by atoms with E-state index in [0.29, 0.717) is 6.04 Å². The zero-order valence-corrected chi connectivity index (χ0v) is 12.2. The minimum atomic E-state index is 0.176. The molecule has 104 valence electrons. The van der Waals surface area contributed by atoms with Gasteiger partial charge in [0.2, 0.25) is 0 Å². The average molecular weight is 261 g/mol. The molecule has 2 heterocycles. The fraction of sp³-hybridized carbons (Fsp3) is 0.533. The molecular weight excluding hydrogens is 238 g/mol. The van der Waals surface area contributed by atoms with Gasteiger partial charge in [0, 0.05) is 18.7 Å². The number of nitrogens with zero attached hydrogens (tertiary/aromatic N) is 2. The van der Waals surface area contributed by atoms with Gasteiger partial charge in [-0.2, -0.15) is 5.10 Å². The van der Waals surface area contributed by atoms with Crippen LogP contribution in [0.4, 0.5) is 0 Å². The molecule has 4 heteroatoms. The van der Waals surface area contributed by atoms with Gasteiger partial charge in [0.25, 0.3) is 0 Å². The third-order valence-corrected chi connectivity index (χ3v) is 3.69. The second-order valence-electron chi connectivity index (χ2n) is 5.06. The summed E-state index contributed by atoms with van der Waals surface area (Å²) in [4.78, 5) is 0. The molecule has 0 aromatic carbocycles. The molecule has 1 N–H and O–H groups in total. The van der Waals surface area contributed by atoms with E-state index < -0.39 is 0 Å². The van der Waals surface area contributed by atoms with E-state index in [2.05, 4.69) is 43.4 Å². The van der Waals surface area contributed by atoms with Crippen molar-refractivity contribution in [2.24, 2.45) is 0 Å². The van der Waals surface area contributed by atoms with E-state index in [4.69, 9.17) is 4.42 Å². The first-order valence-electron chi connectivity index (χ1n) is 6.91. The van der Waals surface area contributed by atoms with E-state index in [1.807, 2.05) is 17.8 Å². The lowest BCUT2D eigenvalue weighted by atomic mass is 10.1. The summed E-state index contributed by atoms with van der Waals surface area (Å²) < 4.78 is 7.61. The lowest BCUT2D eigenvalue weighted by molar-refractivity contribution is 0.419. The maximum absolute atomic E-state index is 5.57. The first-order chi connectivity index (χ1) is 9.15. The Labute approximate surface area is 114 Å². The lowest BCUT2D eigenvalue weighted by Crippen LogP contribution is -2.19. The molecular formula is C15H23N3O. The zero-order valence-electron chi connectivity index (χ0n) is 12.2. The molecule has 2 aromatic heterocycles. The summed E-state index contributed by atoms with van der Waals surface area (Å²) >= 11 is 0. The van der Waals surface area contributed by atoms with Gasteiger partial charge in [-0.05, 0) is 45.0 Å². The van der Waals surface area contributed by atoms with Crippen LogP contribution in [0.2, 0.25) is 0 Å². The van der Waals surface area contributed by atoms with Gasteiger partial charge >= 0.3 is 0 Å². The van der Waals surface area contributed by atoms with Crippen molar-refractivity contribution in [3.63, 3.8) is 0 Å². The van der Waals surface area contributed by atoms with Crippen molar-refractivity contribution in [3.8, 4) is 0 Å². The number of nitrogens with one attached hydrogen (secondary N) is 1. The first-order valence-corrected chi connectivity index (χ1v) is 6.91. The molecule has 4 nitrogen and oxygen atoms in total. The van der Waals surface area contributed by atoms with Crippen molar-refractivity contribution >= 4 is 0 Å². The quantitative estimate of drug-likeness (QED) is 0.868. The van der Waals surface area contributed by atoms with Crippen molar-refractivity contribution < 1.29 is 4.42 Å². The Morgan fingerprint density at radius 3 is 2.79 bits per heavy atom. The van der Waals surface area contributed by atoms with Gasteiger partial charge in [-0.3, -0.25) is 4.68 Å². The Morgan fingerprint density at radius 1 is 1.42 bits per heavy atom. The molecule has 0 saturated heterocycles. The summed E-state index contributed by atoms with van der Waals surface area (Å²) in [6.45, 7) is 6.43. The molecule has 0 spiro atoms. The van der Waals surface area contributed by atoms with Gasteiger partial charge in [-0.15, -0.1) is 0 Å². The molecule has 0 aliphatic heterocycles. The Hall–Kier alpha value is -1.55. The molecule has 19 heavy (non-hydrogen) atoms. The molecule has 2 unspecified atom stereocenters. The molecule has 2 aromatic rings. The molecule has 0 fully saturated rings. The largest absolute Gasteiger partial charge is 0.467 e. The molecule has 0 aliphatic carbocycles. The van der Waals surface area contributed by atoms with Crippen LogP contribution in [-0.2, 0) is 6.42 Å². The minimum Gasteiger partial charge on any atom is -0.467 e. The van der Waals surface area contributed by atoms with E-state index in [9.17, 15) is 0 Å². The highest BCUT2D eigenvalue weighted by Gasteiger charge is 2.17. The molecule has 2 rings (SSSR count). The fourth-order valence-electron chi connectivity index (χ4n) is 2.20. The van der Waals surface area contributed by atoms with E-state index >= 15 is 0 Å². The monoisotopic (exact) mass is 261 g/mol. The Bertz CT molecular complexity index is 515. The number of aryl methyl sites for hydroxylation is 1. The topological polar surface area (TPSA) is 43.0 Å². The minimum absolute atomic E-state index is 0.176. The summed E-state index contributed by atoms with van der Waals surface area (Å²) in [5, 5.41) is 7.95. The maximum Gasteiger partial charge on any atom is 0.123 e. The molecule has 0 saturated carbocycles. The first kappa shape index (κ1) is 13.9. The molecule has 0 amide bonds. The van der Waals surface area contributed by atoms with Crippen molar-refractivity contribution in [3.05, 3.63) is 41.6 Å². The standard InChI is InChI=1S/C15H23N3O/c1-5-12(3)18-8-6-13(17-18)10-14(16-4)15-11(2)7-9-19-15/h6-9,12,14,16H,5,10H2,1-4H3. The van der Waals surface area contributed by atoms with Crippen LogP contribution in [0.15, 0.2) is 29.0 Å². The van der Waals surface area contributed by atoms with Crippen LogP contribution in [0, 0.1) is 6.92 Å². The van der Waals surface area contributed by atoms with Crippen molar-refractivity contribution in [1.82, 2.24) is 15.1 Å². The smallest absolute Gasteiger partial charge is 0.123 e. The summed E-state index contributed by atoms with van der Waals surface area (Å²) in [5.41, 5.74) is 2.27. The summed E-state index contributed by atoms with van der Waals surface area (Å²) in [6.07, 6.45) is 5.74. The number of rotatable bonds is 6. The summed E-state index contributed by atoms with van der Waals surface area (Å²) in [5.74, 6) is 1.00. The summed E-state index contributed by atoms with van der Waals surface area (Å²) in [6, 6.07) is 4.72. The SMILES string of the molecule is CCC(C)n1ccc(CC(NC)c2occc2C)n1. The van der Waals surface area contributed by atoms with Gasteiger partial charge < -0.3 is 9.73 Å². The number of hydrogen-bond acceptors (Lipinski definition) is 3. The van der Waals surface area contributed by atoms with Crippen LogP contribution in [0.5, 0.6) is 0 Å². The second kappa shape index (κ2) is 6.06. The predicted molar refractivity (Wildman–Crippen MR) is 76.2 cm³/mol. The normalized spacial score (nSPS) is 14.5. The molecule has 0 bridgehead atoms. The zero-order chi connectivity index (χ0) is 13.8. The summed E-state index contributed by atoms with van der Waals surface area (Å²) in [7, 11) is 1.96. The molecule has 2 atom stereocenters. The highest BCUT2D eigenvalue weighted by atomic mass is 16.3. The van der Waals surface area contributed by atoms with E-state index in [1.54, 1.807) is 6.26 Å². The lowest BCUT2D eigenvalue weighted by Gasteiger charge is -2.13. The second-order valence-corrected chi connectivity index (χ2v) is 5.06. The highest BCUT2D eigenvalue weighted by Crippen LogP contribution is 2.22. The third-order valence-electron chi connectivity index (χ3n) is 3.69. The highest BCUT2D eigenvalue weighted by molar-refractivity contribution is 5.20. The van der Waals surface area contributed by atoms with Gasteiger partial charge in [0.1, 0.15) is 5.76 Å². The van der Waals surface area contributed by atoms with Gasteiger partial charge in [0.05, 0.1) is 18.0 Å². The van der Waals surface area contributed by atoms with Crippen LogP contribution in [0.3, 0.4) is 0 Å². The fourth-order valence-corrected chi connectivity index (χ4v) is 2.20. The number of aromatic nitrogens is 2. The Balaban J connectivity index is 2.11. The van der Waals surface area contributed by atoms with Crippen molar-refractivity contribution in [1.29, 1.82) is 0 Å². The van der Waals surface area contributed by atoms with Crippen LogP contribution in [0.25, 0.3) is 0 Å². The van der Waals surface area contributed by atoms with Crippen LogP contribution in [-0.4, -0.2) is 16.8 Å². The van der Waals surface area contributed by atoms with Gasteiger partial charge in [-0.1, -0.05) is 6.92 Å². The van der Waals surface area contributed by atoms with Gasteiger partial charge in [0.15, 0.2) is 0 Å². The Kier molecular flexibility index (Phi) is 4.43. The number of furan rings is 1. The van der Waals surface area contributed by atoms with Gasteiger partial charge in [-0.25, -0.2) is 0 Å². The van der Waals surface area contributed by atoms with Crippen LogP contribution < -0.4 is 5.32 Å². The Morgan fingerprint density at radius 2 is 2.21 bits per heavy atom.